The summed E-state index contributed by atoms with van der Waals surface area (Å²) in [6.07, 6.45) is 0. The third kappa shape index (κ3) is 2.17. The first-order valence-electron chi connectivity index (χ1n) is 6.44. The number of anilines is 1. The van der Waals surface area contributed by atoms with Crippen molar-refractivity contribution in [3.05, 3.63) is 65.2 Å². The molecule has 0 aromatic heterocycles. The van der Waals surface area contributed by atoms with E-state index in [-0.39, 0.29) is 11.1 Å². The number of amides is 1. The lowest BCUT2D eigenvalue weighted by atomic mass is 10.0. The molecule has 0 saturated heterocycles. The van der Waals surface area contributed by atoms with Gasteiger partial charge in [-0.3, -0.25) is 4.79 Å². The summed E-state index contributed by atoms with van der Waals surface area (Å²) in [7, 11) is 0. The zero-order chi connectivity index (χ0) is 15.0. The van der Waals surface area contributed by atoms with Crippen LogP contribution >= 0.6 is 0 Å². The van der Waals surface area contributed by atoms with Crippen LogP contribution in [0.15, 0.2) is 48.5 Å². The highest BCUT2D eigenvalue weighted by molar-refractivity contribution is 6.05. The van der Waals surface area contributed by atoms with E-state index >= 15 is 0 Å². The Hall–Kier alpha value is -2.66. The molecule has 2 N–H and O–H groups in total. The molecule has 1 atom stereocenters. The molecule has 5 heteroatoms. The summed E-state index contributed by atoms with van der Waals surface area (Å²) >= 11 is 0. The molecular formula is C16H13NO4. The molecule has 1 heterocycles. The Morgan fingerprint density at radius 2 is 1.95 bits per heavy atom. The Balaban J connectivity index is 1.93. The van der Waals surface area contributed by atoms with Crippen LogP contribution in [-0.2, 0) is 15.3 Å². The summed E-state index contributed by atoms with van der Waals surface area (Å²) in [5.74, 6) is -3.81. The lowest BCUT2D eigenvalue weighted by molar-refractivity contribution is -0.180. The highest BCUT2D eigenvalue weighted by Gasteiger charge is 2.50. The van der Waals surface area contributed by atoms with E-state index in [4.69, 9.17) is 4.74 Å². The van der Waals surface area contributed by atoms with E-state index in [9.17, 15) is 14.7 Å². The topological polar surface area (TPSA) is 75.6 Å². The Kier molecular flexibility index (Phi) is 2.99. The second-order valence-electron chi connectivity index (χ2n) is 4.90. The molecule has 1 aliphatic rings. The van der Waals surface area contributed by atoms with Crippen molar-refractivity contribution in [2.45, 2.75) is 12.7 Å². The van der Waals surface area contributed by atoms with Crippen LogP contribution < -0.4 is 5.32 Å². The van der Waals surface area contributed by atoms with Gasteiger partial charge in [0.25, 0.3) is 0 Å². The molecule has 0 spiro atoms. The molecule has 0 bridgehead atoms. The molecule has 1 amide bonds. The minimum atomic E-state index is -2.29. The molecule has 1 unspecified atom stereocenters. The maximum absolute atomic E-state index is 12.3. The van der Waals surface area contributed by atoms with E-state index < -0.39 is 17.7 Å². The molecule has 21 heavy (non-hydrogen) atoms. The van der Waals surface area contributed by atoms with Crippen LogP contribution in [0.2, 0.25) is 0 Å². The van der Waals surface area contributed by atoms with Crippen molar-refractivity contribution >= 4 is 17.6 Å². The molecular weight excluding hydrogens is 270 g/mol. The third-order valence-electron chi connectivity index (χ3n) is 3.34. The van der Waals surface area contributed by atoms with Gasteiger partial charge >= 0.3 is 17.7 Å². The highest BCUT2D eigenvalue weighted by Crippen LogP contribution is 2.35. The van der Waals surface area contributed by atoms with Crippen molar-refractivity contribution in [2.75, 3.05) is 5.32 Å². The number of carbonyl (C=O) groups is 2. The standard InChI is InChI=1S/C16H13NO4/c1-10-5-4-6-11(9-10)17-15(19)16(20)13-8-3-2-7-12(13)14(18)21-16/h2-9,20H,1H3,(H,17,19). The Morgan fingerprint density at radius 1 is 1.19 bits per heavy atom. The van der Waals surface area contributed by atoms with Gasteiger partial charge in [0.05, 0.1) is 5.56 Å². The number of aliphatic hydroxyl groups is 1. The van der Waals surface area contributed by atoms with Crippen LogP contribution in [0.3, 0.4) is 0 Å². The minimum absolute atomic E-state index is 0.153. The number of rotatable bonds is 2. The van der Waals surface area contributed by atoms with Gasteiger partial charge in [0.2, 0.25) is 0 Å². The van der Waals surface area contributed by atoms with E-state index in [1.807, 2.05) is 13.0 Å². The van der Waals surface area contributed by atoms with E-state index in [1.165, 1.54) is 12.1 Å². The predicted octanol–water partition coefficient (Wildman–Crippen LogP) is 1.95. The van der Waals surface area contributed by atoms with Crippen LogP contribution in [0.1, 0.15) is 21.5 Å². The number of benzene rings is 2. The van der Waals surface area contributed by atoms with Gasteiger partial charge < -0.3 is 15.2 Å². The minimum Gasteiger partial charge on any atom is -0.415 e. The smallest absolute Gasteiger partial charge is 0.341 e. The molecule has 1 aliphatic heterocycles. The lowest BCUT2D eigenvalue weighted by Gasteiger charge is -2.21. The first kappa shape index (κ1) is 13.3. The van der Waals surface area contributed by atoms with Crippen molar-refractivity contribution in [1.82, 2.24) is 0 Å². The zero-order valence-electron chi connectivity index (χ0n) is 11.3. The van der Waals surface area contributed by atoms with E-state index in [0.717, 1.165) is 5.56 Å². The summed E-state index contributed by atoms with van der Waals surface area (Å²) < 4.78 is 4.89. The van der Waals surface area contributed by atoms with Gasteiger partial charge in [-0.25, -0.2) is 4.79 Å². The third-order valence-corrected chi connectivity index (χ3v) is 3.34. The number of hydrogen-bond donors (Lipinski definition) is 2. The van der Waals surface area contributed by atoms with Crippen molar-refractivity contribution in [3.63, 3.8) is 0 Å². The summed E-state index contributed by atoms with van der Waals surface area (Å²) in [5, 5.41) is 13.0. The SMILES string of the molecule is Cc1cccc(NC(=O)C2(O)OC(=O)c3ccccc32)c1. The number of cyclic esters (lactones) is 1. The average molecular weight is 283 g/mol. The maximum Gasteiger partial charge on any atom is 0.341 e. The first-order valence-corrected chi connectivity index (χ1v) is 6.44. The number of nitrogens with one attached hydrogen (secondary N) is 1. The monoisotopic (exact) mass is 283 g/mol. The fraction of sp³-hybridized carbons (Fsp3) is 0.125. The van der Waals surface area contributed by atoms with Crippen LogP contribution in [0.5, 0.6) is 0 Å². The van der Waals surface area contributed by atoms with Crippen LogP contribution in [0.4, 0.5) is 5.69 Å². The Morgan fingerprint density at radius 3 is 2.71 bits per heavy atom. The number of fused-ring (bicyclic) bond motifs is 1. The quantitative estimate of drug-likeness (QED) is 0.826. The fourth-order valence-electron chi connectivity index (χ4n) is 2.31. The second kappa shape index (κ2) is 4.71. The van der Waals surface area contributed by atoms with Gasteiger partial charge in [-0.05, 0) is 30.7 Å². The summed E-state index contributed by atoms with van der Waals surface area (Å²) in [6.45, 7) is 1.88. The van der Waals surface area contributed by atoms with Crippen molar-refractivity contribution in [1.29, 1.82) is 0 Å². The van der Waals surface area contributed by atoms with Crippen LogP contribution in [0, 0.1) is 6.92 Å². The van der Waals surface area contributed by atoms with Gasteiger partial charge in [0, 0.05) is 11.3 Å². The summed E-state index contributed by atoms with van der Waals surface area (Å²) in [4.78, 5) is 24.0. The number of ether oxygens (including phenoxy) is 1. The van der Waals surface area contributed by atoms with Gasteiger partial charge in [-0.2, -0.15) is 0 Å². The molecule has 5 nitrogen and oxygen atoms in total. The molecule has 0 saturated carbocycles. The van der Waals surface area contributed by atoms with Crippen molar-refractivity contribution < 1.29 is 19.4 Å². The molecule has 3 rings (SSSR count). The fourth-order valence-corrected chi connectivity index (χ4v) is 2.31. The Bertz CT molecular complexity index is 741. The molecule has 0 fully saturated rings. The van der Waals surface area contributed by atoms with E-state index in [0.29, 0.717) is 5.69 Å². The normalized spacial score (nSPS) is 19.8. The Labute approximate surface area is 121 Å². The molecule has 2 aromatic rings. The number of aryl methyl sites for hydroxylation is 1. The van der Waals surface area contributed by atoms with Gasteiger partial charge in [0.1, 0.15) is 0 Å². The summed E-state index contributed by atoms with van der Waals surface area (Å²) in [6, 6.07) is 13.4. The summed E-state index contributed by atoms with van der Waals surface area (Å²) in [5.41, 5.74) is 1.83. The molecule has 2 aromatic carbocycles. The van der Waals surface area contributed by atoms with Crippen molar-refractivity contribution in [2.24, 2.45) is 0 Å². The second-order valence-corrected chi connectivity index (χ2v) is 4.90. The van der Waals surface area contributed by atoms with E-state index in [2.05, 4.69) is 5.32 Å². The average Bonchev–Trinajstić information content (AvgIpc) is 2.73. The number of esters is 1. The van der Waals surface area contributed by atoms with Crippen LogP contribution in [0.25, 0.3) is 0 Å². The van der Waals surface area contributed by atoms with Gasteiger partial charge in [-0.1, -0.05) is 30.3 Å². The maximum atomic E-state index is 12.3. The van der Waals surface area contributed by atoms with E-state index in [1.54, 1.807) is 30.3 Å². The zero-order valence-corrected chi connectivity index (χ0v) is 11.3. The molecule has 106 valence electrons. The van der Waals surface area contributed by atoms with Crippen LogP contribution in [-0.4, -0.2) is 17.0 Å². The number of carbonyl (C=O) groups excluding carboxylic acids is 2. The molecule has 0 aliphatic carbocycles. The predicted molar refractivity (Wildman–Crippen MR) is 75.6 cm³/mol. The van der Waals surface area contributed by atoms with Gasteiger partial charge in [-0.15, -0.1) is 0 Å². The molecule has 0 radical (unpaired) electrons. The van der Waals surface area contributed by atoms with Gasteiger partial charge in [0.15, 0.2) is 0 Å². The number of hydrogen-bond acceptors (Lipinski definition) is 4. The largest absolute Gasteiger partial charge is 0.415 e. The lowest BCUT2D eigenvalue weighted by Crippen LogP contribution is -2.40. The highest BCUT2D eigenvalue weighted by atomic mass is 16.7. The first-order chi connectivity index (χ1) is 10.0. The van der Waals surface area contributed by atoms with Crippen molar-refractivity contribution in [3.8, 4) is 0 Å².